The van der Waals surface area contributed by atoms with Gasteiger partial charge >= 0.3 is 0 Å². The number of nitrogens with one attached hydrogen (secondary N) is 1. The zero-order valence-electron chi connectivity index (χ0n) is 13.0. The molecule has 0 unspecified atom stereocenters. The third kappa shape index (κ3) is 3.62. The maximum Gasteiger partial charge on any atom is 0.207 e. The molecule has 0 atom stereocenters. The highest BCUT2D eigenvalue weighted by Crippen LogP contribution is 2.22. The predicted octanol–water partition coefficient (Wildman–Crippen LogP) is 4.54. The first-order chi connectivity index (χ1) is 9.60. The number of aromatic nitrogens is 2. The topological polar surface area (TPSA) is 29.9 Å². The van der Waals surface area contributed by atoms with Gasteiger partial charge in [-0.15, -0.1) is 0 Å². The van der Waals surface area contributed by atoms with Crippen LogP contribution in [0.3, 0.4) is 0 Å². The second-order valence-corrected chi connectivity index (χ2v) is 5.78. The van der Waals surface area contributed by atoms with Crippen molar-refractivity contribution in [3.8, 4) is 0 Å². The van der Waals surface area contributed by atoms with Crippen molar-refractivity contribution < 1.29 is 0 Å². The molecule has 0 spiro atoms. The Kier molecular flexibility index (Phi) is 4.83. The molecule has 20 heavy (non-hydrogen) atoms. The highest BCUT2D eigenvalue weighted by molar-refractivity contribution is 5.59. The molecule has 0 aliphatic heterocycles. The molecule has 108 valence electrons. The second kappa shape index (κ2) is 6.60. The maximum atomic E-state index is 4.61. The fraction of sp³-hybridized carbons (Fsp3) is 0.471. The van der Waals surface area contributed by atoms with Gasteiger partial charge in [0.2, 0.25) is 5.95 Å². The minimum atomic E-state index is 0.607. The Balaban J connectivity index is 2.25. The van der Waals surface area contributed by atoms with Gasteiger partial charge in [0, 0.05) is 18.4 Å². The predicted molar refractivity (Wildman–Crippen MR) is 85.5 cm³/mol. The molecule has 0 saturated heterocycles. The summed E-state index contributed by atoms with van der Waals surface area (Å²) >= 11 is 0. The van der Waals surface area contributed by atoms with Gasteiger partial charge in [-0.2, -0.15) is 0 Å². The van der Waals surface area contributed by atoms with E-state index >= 15 is 0 Å². The Hall–Kier alpha value is -1.77. The van der Waals surface area contributed by atoms with Crippen LogP contribution in [0.1, 0.15) is 38.4 Å². The van der Waals surface area contributed by atoms with E-state index in [1.54, 1.807) is 0 Å². The lowest BCUT2D eigenvalue weighted by atomic mass is 10.1. The molecule has 2 rings (SSSR count). The molecule has 3 nitrogen and oxygen atoms in total. The lowest BCUT2D eigenvalue weighted by molar-refractivity contribution is 0.527. The third-order valence-electron chi connectivity index (χ3n) is 3.24. The van der Waals surface area contributed by atoms with E-state index in [-0.39, 0.29) is 0 Å². The molecule has 0 amide bonds. The summed E-state index contributed by atoms with van der Waals surface area (Å²) in [6.07, 6.45) is 4.36. The monoisotopic (exact) mass is 271 g/mol. The Morgan fingerprint density at radius 2 is 2.00 bits per heavy atom. The summed E-state index contributed by atoms with van der Waals surface area (Å²) in [5.74, 6) is 1.55. The van der Waals surface area contributed by atoms with Crippen LogP contribution in [0.4, 0.5) is 11.6 Å². The number of imidazole rings is 1. The SMILES string of the molecule is CCCc1ccccc1Nc1nc(C)cn1CC(C)C. The molecule has 0 radical (unpaired) electrons. The average Bonchev–Trinajstić information content (AvgIpc) is 2.71. The van der Waals surface area contributed by atoms with Gasteiger partial charge in [0.1, 0.15) is 0 Å². The van der Waals surface area contributed by atoms with Crippen molar-refractivity contribution in [2.45, 2.75) is 47.1 Å². The largest absolute Gasteiger partial charge is 0.325 e. The molecule has 3 heteroatoms. The zero-order valence-corrected chi connectivity index (χ0v) is 13.0. The molecule has 0 saturated carbocycles. The third-order valence-corrected chi connectivity index (χ3v) is 3.24. The molecule has 0 aliphatic rings. The Morgan fingerprint density at radius 3 is 2.70 bits per heavy atom. The summed E-state index contributed by atoms with van der Waals surface area (Å²) < 4.78 is 2.21. The quantitative estimate of drug-likeness (QED) is 0.835. The minimum Gasteiger partial charge on any atom is -0.325 e. The number of anilines is 2. The van der Waals surface area contributed by atoms with E-state index < -0.39 is 0 Å². The smallest absolute Gasteiger partial charge is 0.207 e. The summed E-state index contributed by atoms with van der Waals surface area (Å²) in [5.41, 5.74) is 3.58. The van der Waals surface area contributed by atoms with Crippen molar-refractivity contribution in [2.75, 3.05) is 5.32 Å². The molecule has 0 fully saturated rings. The molecular weight excluding hydrogens is 246 g/mol. The number of hydrogen-bond acceptors (Lipinski definition) is 2. The van der Waals surface area contributed by atoms with Gasteiger partial charge < -0.3 is 9.88 Å². The molecule has 1 aromatic carbocycles. The van der Waals surface area contributed by atoms with E-state index in [1.165, 1.54) is 11.3 Å². The number of benzene rings is 1. The van der Waals surface area contributed by atoms with Crippen LogP contribution in [0.5, 0.6) is 0 Å². The molecule has 1 aromatic heterocycles. The van der Waals surface area contributed by atoms with Crippen molar-refractivity contribution in [3.05, 3.63) is 41.7 Å². The zero-order chi connectivity index (χ0) is 14.5. The van der Waals surface area contributed by atoms with Crippen LogP contribution in [-0.2, 0) is 13.0 Å². The Labute approximate surface area is 122 Å². The standard InChI is InChI=1S/C17H25N3/c1-5-8-15-9-6-7-10-16(15)19-17-18-14(4)12-20(17)11-13(2)3/h6-7,9-10,12-13H,5,8,11H2,1-4H3,(H,18,19). The summed E-state index contributed by atoms with van der Waals surface area (Å²) in [5, 5.41) is 3.50. The number of para-hydroxylation sites is 1. The molecule has 1 heterocycles. The van der Waals surface area contributed by atoms with Crippen molar-refractivity contribution in [1.82, 2.24) is 9.55 Å². The van der Waals surface area contributed by atoms with E-state index in [9.17, 15) is 0 Å². The van der Waals surface area contributed by atoms with Crippen LogP contribution in [0.15, 0.2) is 30.5 Å². The van der Waals surface area contributed by atoms with Gasteiger partial charge in [0.25, 0.3) is 0 Å². The lowest BCUT2D eigenvalue weighted by Gasteiger charge is -2.14. The number of aryl methyl sites for hydroxylation is 2. The van der Waals surface area contributed by atoms with Gasteiger partial charge in [-0.3, -0.25) is 0 Å². The normalized spacial score (nSPS) is 11.1. The highest BCUT2D eigenvalue weighted by atomic mass is 15.2. The summed E-state index contributed by atoms with van der Waals surface area (Å²) in [7, 11) is 0. The van der Waals surface area contributed by atoms with E-state index in [0.29, 0.717) is 5.92 Å². The van der Waals surface area contributed by atoms with Crippen molar-refractivity contribution in [1.29, 1.82) is 0 Å². The number of nitrogens with zero attached hydrogens (tertiary/aromatic N) is 2. The van der Waals surface area contributed by atoms with Crippen molar-refractivity contribution in [2.24, 2.45) is 5.92 Å². The summed E-state index contributed by atoms with van der Waals surface area (Å²) in [6.45, 7) is 9.69. The van der Waals surface area contributed by atoms with Gasteiger partial charge in [-0.05, 0) is 30.9 Å². The van der Waals surface area contributed by atoms with Gasteiger partial charge in [0.05, 0.1) is 5.69 Å². The molecule has 0 aliphatic carbocycles. The fourth-order valence-corrected chi connectivity index (χ4v) is 2.43. The molecule has 2 aromatic rings. The minimum absolute atomic E-state index is 0.607. The number of rotatable bonds is 6. The molecule has 0 bridgehead atoms. The number of hydrogen-bond donors (Lipinski definition) is 1. The summed E-state index contributed by atoms with van der Waals surface area (Å²) in [6, 6.07) is 8.50. The van der Waals surface area contributed by atoms with E-state index in [2.05, 4.69) is 66.1 Å². The molecule has 1 N–H and O–H groups in total. The molecular formula is C17H25N3. The van der Waals surface area contributed by atoms with Crippen LogP contribution >= 0.6 is 0 Å². The van der Waals surface area contributed by atoms with Crippen LogP contribution in [0.25, 0.3) is 0 Å². The van der Waals surface area contributed by atoms with E-state index in [0.717, 1.165) is 31.0 Å². The van der Waals surface area contributed by atoms with E-state index in [4.69, 9.17) is 0 Å². The maximum absolute atomic E-state index is 4.61. The van der Waals surface area contributed by atoms with Crippen LogP contribution in [0, 0.1) is 12.8 Å². The van der Waals surface area contributed by atoms with Gasteiger partial charge in [-0.25, -0.2) is 4.98 Å². The first kappa shape index (κ1) is 14.6. The van der Waals surface area contributed by atoms with E-state index in [1.807, 2.05) is 6.92 Å². The van der Waals surface area contributed by atoms with Gasteiger partial charge in [0.15, 0.2) is 0 Å². The second-order valence-electron chi connectivity index (χ2n) is 5.78. The van der Waals surface area contributed by atoms with Crippen molar-refractivity contribution >= 4 is 11.6 Å². The highest BCUT2D eigenvalue weighted by Gasteiger charge is 2.09. The Morgan fingerprint density at radius 1 is 1.25 bits per heavy atom. The van der Waals surface area contributed by atoms with Gasteiger partial charge in [-0.1, -0.05) is 45.4 Å². The van der Waals surface area contributed by atoms with Crippen LogP contribution < -0.4 is 5.32 Å². The first-order valence-electron chi connectivity index (χ1n) is 7.48. The fourth-order valence-electron chi connectivity index (χ4n) is 2.43. The lowest BCUT2D eigenvalue weighted by Crippen LogP contribution is -2.08. The van der Waals surface area contributed by atoms with Crippen LogP contribution in [0.2, 0.25) is 0 Å². The first-order valence-corrected chi connectivity index (χ1v) is 7.48. The average molecular weight is 271 g/mol. The van der Waals surface area contributed by atoms with Crippen molar-refractivity contribution in [3.63, 3.8) is 0 Å². The van der Waals surface area contributed by atoms with Crippen LogP contribution in [-0.4, -0.2) is 9.55 Å². The summed E-state index contributed by atoms with van der Waals surface area (Å²) in [4.78, 5) is 4.61. The Bertz CT molecular complexity index is 555.